The van der Waals surface area contributed by atoms with Crippen LogP contribution in [-0.4, -0.2) is 44.6 Å². The van der Waals surface area contributed by atoms with Crippen LogP contribution >= 0.6 is 0 Å². The van der Waals surface area contributed by atoms with Crippen molar-refractivity contribution in [2.24, 2.45) is 0 Å². The second kappa shape index (κ2) is 8.18. The number of alkyl halides is 6. The van der Waals surface area contributed by atoms with Gasteiger partial charge in [0, 0.05) is 11.6 Å². The molecule has 0 bridgehead atoms. The van der Waals surface area contributed by atoms with Crippen LogP contribution in [0.25, 0.3) is 0 Å². The van der Waals surface area contributed by atoms with Gasteiger partial charge >= 0.3 is 24.3 Å². The van der Waals surface area contributed by atoms with Crippen LogP contribution in [0.15, 0.2) is 53.3 Å². The number of benzene rings is 1. The smallest absolute Gasteiger partial charge is 0.449 e. The average molecular weight is 424 g/mol. The van der Waals surface area contributed by atoms with Crippen LogP contribution in [0.3, 0.4) is 0 Å². The molecule has 1 aromatic rings. The highest BCUT2D eigenvalue weighted by Gasteiger charge is 2.56. The number of esters is 2. The Balaban J connectivity index is 2.85. The van der Waals surface area contributed by atoms with E-state index in [1.807, 2.05) is 0 Å². The van der Waals surface area contributed by atoms with Gasteiger partial charge in [-0.2, -0.15) is 26.3 Å². The summed E-state index contributed by atoms with van der Waals surface area (Å²) in [6, 6.07) is 6.68. The Labute approximate surface area is 160 Å². The molecule has 0 saturated carbocycles. The molecule has 11 heteroatoms. The maximum Gasteiger partial charge on any atom is 0.449 e. The minimum absolute atomic E-state index is 0.0721. The van der Waals surface area contributed by atoms with Crippen molar-refractivity contribution in [3.8, 4) is 0 Å². The summed E-state index contributed by atoms with van der Waals surface area (Å²) in [6.07, 6.45) is -12.9. The van der Waals surface area contributed by atoms with Crippen molar-refractivity contribution in [2.45, 2.75) is 24.4 Å². The summed E-state index contributed by atoms with van der Waals surface area (Å²) in [7, 11) is 1.62. The summed E-state index contributed by atoms with van der Waals surface area (Å²) in [5.41, 5.74) is -3.41. The summed E-state index contributed by atoms with van der Waals surface area (Å²) in [6.45, 7) is 0. The zero-order valence-corrected chi connectivity index (χ0v) is 14.9. The van der Waals surface area contributed by atoms with Gasteiger partial charge in [0.1, 0.15) is 0 Å². The van der Waals surface area contributed by atoms with E-state index in [4.69, 9.17) is 0 Å². The molecule has 0 aromatic heterocycles. The number of methoxy groups -OCH3 is 2. The van der Waals surface area contributed by atoms with Crippen molar-refractivity contribution in [1.29, 1.82) is 0 Å². The molecule has 0 N–H and O–H groups in total. The molecule has 2 atom stereocenters. The molecule has 0 radical (unpaired) electrons. The van der Waals surface area contributed by atoms with Crippen LogP contribution in [0.2, 0.25) is 0 Å². The van der Waals surface area contributed by atoms with Gasteiger partial charge in [-0.05, 0) is 5.56 Å². The monoisotopic (exact) mass is 424 g/mol. The Morgan fingerprint density at radius 1 is 1.00 bits per heavy atom. The molecule has 0 spiro atoms. The van der Waals surface area contributed by atoms with Gasteiger partial charge in [0.05, 0.1) is 25.7 Å². The van der Waals surface area contributed by atoms with Gasteiger partial charge < -0.3 is 14.2 Å². The summed E-state index contributed by atoms with van der Waals surface area (Å²) in [5.74, 6) is -6.71. The Bertz CT molecular complexity index is 839. The van der Waals surface area contributed by atoms with Crippen molar-refractivity contribution in [3.05, 3.63) is 58.9 Å². The van der Waals surface area contributed by atoms with E-state index in [-0.39, 0.29) is 11.6 Å². The second-order valence-electron chi connectivity index (χ2n) is 5.77. The summed E-state index contributed by atoms with van der Waals surface area (Å²) in [4.78, 5) is 23.5. The van der Waals surface area contributed by atoms with E-state index in [1.54, 1.807) is 0 Å². The molecule has 2 rings (SSSR count). The summed E-state index contributed by atoms with van der Waals surface area (Å²) in [5, 5.41) is 0. The lowest BCUT2D eigenvalue weighted by Gasteiger charge is -2.22. The number of carbonyl (C=O) groups excluding carboxylic acids is 2. The summed E-state index contributed by atoms with van der Waals surface area (Å²) < 4.78 is 94.9. The molecular formula is C18H14F6O5. The quantitative estimate of drug-likeness (QED) is 0.418. The normalized spacial score (nSPS) is 20.3. The van der Waals surface area contributed by atoms with E-state index in [0.717, 1.165) is 14.2 Å². The van der Waals surface area contributed by atoms with Gasteiger partial charge in [-0.1, -0.05) is 30.3 Å². The third kappa shape index (κ3) is 4.72. The number of hydrogen-bond acceptors (Lipinski definition) is 5. The molecule has 1 aromatic carbocycles. The van der Waals surface area contributed by atoms with Crippen molar-refractivity contribution in [3.63, 3.8) is 0 Å². The number of allylic oxidation sites excluding steroid dienone is 2. The van der Waals surface area contributed by atoms with Crippen LogP contribution in [0.4, 0.5) is 26.3 Å². The van der Waals surface area contributed by atoms with E-state index >= 15 is 0 Å². The zero-order chi connectivity index (χ0) is 22.0. The second-order valence-corrected chi connectivity index (χ2v) is 5.77. The largest absolute Gasteiger partial charge is 0.472 e. The number of ether oxygens (including phenoxy) is 3. The lowest BCUT2D eigenvalue weighted by atomic mass is 9.83. The fraction of sp³-hybridized carbons (Fsp3) is 0.333. The van der Waals surface area contributed by atoms with E-state index in [2.05, 4.69) is 14.2 Å². The van der Waals surface area contributed by atoms with Gasteiger partial charge in [0.2, 0.25) is 11.9 Å². The molecule has 1 aliphatic rings. The maximum absolute atomic E-state index is 13.7. The average Bonchev–Trinajstić information content (AvgIpc) is 3.05. The summed E-state index contributed by atoms with van der Waals surface area (Å²) >= 11 is 0. The highest BCUT2D eigenvalue weighted by molar-refractivity contribution is 5.85. The van der Waals surface area contributed by atoms with Gasteiger partial charge in [-0.25, -0.2) is 9.59 Å². The predicted octanol–water partition coefficient (Wildman–Crippen LogP) is 3.82. The van der Waals surface area contributed by atoms with E-state index in [1.165, 1.54) is 30.3 Å². The first-order valence-corrected chi connectivity index (χ1v) is 7.89. The standard InChI is InChI=1S/C18H14F6O5/c1-27-11(25)8-10(17(19,20)21)13-12(9-6-4-3-5-7-9)14(16(26)28-2)29-15(13)18(22,23)24/h3-8,12,14H,1-2H3. The molecule has 1 heterocycles. The Morgan fingerprint density at radius 2 is 1.59 bits per heavy atom. The molecule has 0 amide bonds. The Hall–Kier alpha value is -2.98. The number of carbonyl (C=O) groups is 2. The molecule has 5 nitrogen and oxygen atoms in total. The molecule has 2 unspecified atom stereocenters. The first-order valence-electron chi connectivity index (χ1n) is 7.89. The molecular weight excluding hydrogens is 410 g/mol. The Kier molecular flexibility index (Phi) is 6.29. The van der Waals surface area contributed by atoms with Crippen LogP contribution in [0.1, 0.15) is 11.5 Å². The highest BCUT2D eigenvalue weighted by atomic mass is 19.4. The molecule has 29 heavy (non-hydrogen) atoms. The zero-order valence-electron chi connectivity index (χ0n) is 14.9. The SMILES string of the molecule is COC(=O)C=C(C1=C(C(F)(F)F)OC(C(=O)OC)C1c1ccccc1)C(F)(F)F. The maximum atomic E-state index is 13.7. The van der Waals surface area contributed by atoms with Crippen LogP contribution in [0.5, 0.6) is 0 Å². The minimum atomic E-state index is -5.39. The first kappa shape index (κ1) is 22.3. The van der Waals surface area contributed by atoms with E-state index in [9.17, 15) is 35.9 Å². The van der Waals surface area contributed by atoms with Crippen molar-refractivity contribution in [2.75, 3.05) is 14.2 Å². The predicted molar refractivity (Wildman–Crippen MR) is 85.3 cm³/mol. The van der Waals surface area contributed by atoms with Gasteiger partial charge in [-0.3, -0.25) is 0 Å². The lowest BCUT2D eigenvalue weighted by molar-refractivity contribution is -0.161. The first-order chi connectivity index (χ1) is 13.4. The van der Waals surface area contributed by atoms with Gasteiger partial charge in [-0.15, -0.1) is 0 Å². The fourth-order valence-electron chi connectivity index (χ4n) is 2.85. The third-order valence-electron chi connectivity index (χ3n) is 4.01. The van der Waals surface area contributed by atoms with E-state index < -0.39 is 53.2 Å². The molecule has 0 saturated heterocycles. The fourth-order valence-corrected chi connectivity index (χ4v) is 2.85. The number of halogens is 6. The van der Waals surface area contributed by atoms with Crippen LogP contribution < -0.4 is 0 Å². The van der Waals surface area contributed by atoms with Crippen molar-refractivity contribution < 1.29 is 50.1 Å². The van der Waals surface area contributed by atoms with Gasteiger partial charge in [0.25, 0.3) is 0 Å². The van der Waals surface area contributed by atoms with Crippen LogP contribution in [-0.2, 0) is 23.8 Å². The molecule has 0 aliphatic carbocycles. The van der Waals surface area contributed by atoms with Gasteiger partial charge in [0.15, 0.2) is 0 Å². The molecule has 158 valence electrons. The van der Waals surface area contributed by atoms with Crippen molar-refractivity contribution in [1.82, 2.24) is 0 Å². The van der Waals surface area contributed by atoms with Crippen LogP contribution in [0, 0.1) is 0 Å². The Morgan fingerprint density at radius 3 is 2.03 bits per heavy atom. The minimum Gasteiger partial charge on any atom is -0.472 e. The molecule has 1 aliphatic heterocycles. The number of hydrogen-bond donors (Lipinski definition) is 0. The van der Waals surface area contributed by atoms with Crippen molar-refractivity contribution >= 4 is 11.9 Å². The number of rotatable bonds is 4. The highest BCUT2D eigenvalue weighted by Crippen LogP contribution is 2.51. The lowest BCUT2D eigenvalue weighted by Crippen LogP contribution is -2.30. The topological polar surface area (TPSA) is 61.8 Å². The van der Waals surface area contributed by atoms with E-state index in [0.29, 0.717) is 0 Å². The third-order valence-corrected chi connectivity index (χ3v) is 4.01. The molecule has 0 fully saturated rings.